The molecule has 1 saturated heterocycles. The lowest BCUT2D eigenvalue weighted by molar-refractivity contribution is -0.119. The number of thioether (sulfide) groups is 1. The van der Waals surface area contributed by atoms with Crippen molar-refractivity contribution in [3.63, 3.8) is 0 Å². The van der Waals surface area contributed by atoms with Gasteiger partial charge in [0.05, 0.1) is 11.8 Å². The normalized spacial score (nSPS) is 16.8. The third-order valence-corrected chi connectivity index (χ3v) is 5.74. The standard InChI is InChI=1S/C20H32FN3OS/c1-15(2)7-12-26-14-20(25)22-16(3)18-13-17(21)5-6-19(18)24-10-8-23(4)9-11-24/h5-6,13,15-16H,7-12,14H2,1-4H3,(H,22,25). The molecule has 1 aromatic carbocycles. The number of likely N-dealkylation sites (N-methyl/N-ethyl adjacent to an activating group) is 1. The van der Waals surface area contributed by atoms with E-state index in [4.69, 9.17) is 0 Å². The molecular weight excluding hydrogens is 349 g/mol. The highest BCUT2D eigenvalue weighted by atomic mass is 32.2. The van der Waals surface area contributed by atoms with Crippen molar-refractivity contribution in [2.75, 3.05) is 49.6 Å². The second kappa shape index (κ2) is 10.2. The van der Waals surface area contributed by atoms with Gasteiger partial charge in [0.15, 0.2) is 0 Å². The minimum atomic E-state index is -0.259. The van der Waals surface area contributed by atoms with Crippen LogP contribution in [0.2, 0.25) is 0 Å². The average molecular weight is 382 g/mol. The van der Waals surface area contributed by atoms with Crippen molar-refractivity contribution in [3.05, 3.63) is 29.6 Å². The van der Waals surface area contributed by atoms with Crippen LogP contribution in [0, 0.1) is 11.7 Å². The van der Waals surface area contributed by atoms with Gasteiger partial charge in [0.25, 0.3) is 0 Å². The van der Waals surface area contributed by atoms with Gasteiger partial charge in [-0.2, -0.15) is 11.8 Å². The van der Waals surface area contributed by atoms with Crippen LogP contribution in [0.3, 0.4) is 0 Å². The molecule has 1 unspecified atom stereocenters. The van der Waals surface area contributed by atoms with Crippen LogP contribution in [0.15, 0.2) is 18.2 Å². The van der Waals surface area contributed by atoms with Crippen molar-refractivity contribution in [3.8, 4) is 0 Å². The van der Waals surface area contributed by atoms with Gasteiger partial charge in [-0.25, -0.2) is 4.39 Å². The van der Waals surface area contributed by atoms with Gasteiger partial charge in [-0.1, -0.05) is 13.8 Å². The van der Waals surface area contributed by atoms with Crippen molar-refractivity contribution >= 4 is 23.4 Å². The molecule has 1 aliphatic heterocycles. The monoisotopic (exact) mass is 381 g/mol. The lowest BCUT2D eigenvalue weighted by Gasteiger charge is -2.36. The Kier molecular flexibility index (Phi) is 8.22. The number of piperazine rings is 1. The first kappa shape index (κ1) is 21.0. The Labute approximate surface area is 161 Å². The van der Waals surface area contributed by atoms with E-state index in [0.717, 1.165) is 49.6 Å². The highest BCUT2D eigenvalue weighted by Gasteiger charge is 2.21. The summed E-state index contributed by atoms with van der Waals surface area (Å²) in [5.74, 6) is 1.86. The van der Waals surface area contributed by atoms with Gasteiger partial charge in [0.2, 0.25) is 5.91 Å². The van der Waals surface area contributed by atoms with Gasteiger partial charge in [-0.3, -0.25) is 4.79 Å². The van der Waals surface area contributed by atoms with Gasteiger partial charge < -0.3 is 15.1 Å². The number of amides is 1. The van der Waals surface area contributed by atoms with Gasteiger partial charge >= 0.3 is 0 Å². The van der Waals surface area contributed by atoms with Crippen molar-refractivity contribution in [1.29, 1.82) is 0 Å². The molecule has 1 amide bonds. The highest BCUT2D eigenvalue weighted by molar-refractivity contribution is 7.99. The summed E-state index contributed by atoms with van der Waals surface area (Å²) in [6, 6.07) is 4.70. The third kappa shape index (κ3) is 6.47. The molecule has 0 spiro atoms. The molecule has 1 fully saturated rings. The summed E-state index contributed by atoms with van der Waals surface area (Å²) in [4.78, 5) is 16.8. The summed E-state index contributed by atoms with van der Waals surface area (Å²) in [5.41, 5.74) is 1.88. The summed E-state index contributed by atoms with van der Waals surface area (Å²) in [6.07, 6.45) is 1.12. The van der Waals surface area contributed by atoms with E-state index < -0.39 is 0 Å². The number of carbonyl (C=O) groups excluding carboxylic acids is 1. The molecule has 0 bridgehead atoms. The van der Waals surface area contributed by atoms with E-state index in [9.17, 15) is 9.18 Å². The van der Waals surface area contributed by atoms with Gasteiger partial charge in [-0.05, 0) is 50.3 Å². The number of nitrogens with zero attached hydrogens (tertiary/aromatic N) is 2. The molecule has 6 heteroatoms. The zero-order valence-corrected chi connectivity index (χ0v) is 17.2. The predicted octanol–water partition coefficient (Wildman–Crippen LogP) is 3.53. The molecule has 0 saturated carbocycles. The third-order valence-electron chi connectivity index (χ3n) is 4.75. The minimum absolute atomic E-state index is 0.0137. The molecule has 26 heavy (non-hydrogen) atoms. The summed E-state index contributed by atoms with van der Waals surface area (Å²) >= 11 is 1.66. The Morgan fingerprint density at radius 2 is 1.92 bits per heavy atom. The number of hydrogen-bond donors (Lipinski definition) is 1. The molecule has 1 heterocycles. The molecule has 1 aromatic rings. The highest BCUT2D eigenvalue weighted by Crippen LogP contribution is 2.28. The lowest BCUT2D eigenvalue weighted by atomic mass is 10.0. The summed E-state index contributed by atoms with van der Waals surface area (Å²) in [7, 11) is 2.11. The Balaban J connectivity index is 1.97. The van der Waals surface area contributed by atoms with Crippen LogP contribution >= 0.6 is 11.8 Å². The van der Waals surface area contributed by atoms with E-state index >= 15 is 0 Å². The maximum atomic E-state index is 13.9. The molecule has 146 valence electrons. The van der Waals surface area contributed by atoms with Gasteiger partial charge in [0.1, 0.15) is 5.82 Å². The van der Waals surface area contributed by atoms with E-state index in [0.29, 0.717) is 11.7 Å². The largest absolute Gasteiger partial charge is 0.369 e. The minimum Gasteiger partial charge on any atom is -0.369 e. The molecule has 2 rings (SSSR count). The van der Waals surface area contributed by atoms with Crippen molar-refractivity contribution in [2.24, 2.45) is 5.92 Å². The molecule has 4 nitrogen and oxygen atoms in total. The number of rotatable bonds is 8. The first-order valence-corrected chi connectivity index (χ1v) is 10.6. The quantitative estimate of drug-likeness (QED) is 0.699. The number of anilines is 1. The van der Waals surface area contributed by atoms with Crippen LogP contribution < -0.4 is 10.2 Å². The fraction of sp³-hybridized carbons (Fsp3) is 0.650. The number of hydrogen-bond acceptors (Lipinski definition) is 4. The number of halogens is 1. The molecule has 1 N–H and O–H groups in total. The fourth-order valence-corrected chi connectivity index (χ4v) is 4.10. The van der Waals surface area contributed by atoms with E-state index in [1.165, 1.54) is 6.07 Å². The SMILES string of the molecule is CC(C)CCSCC(=O)NC(C)c1cc(F)ccc1N1CCN(C)CC1. The van der Waals surface area contributed by atoms with Crippen LogP contribution in [0.1, 0.15) is 38.8 Å². The van der Waals surface area contributed by atoms with Gasteiger partial charge in [-0.15, -0.1) is 0 Å². The smallest absolute Gasteiger partial charge is 0.230 e. The fourth-order valence-electron chi connectivity index (χ4n) is 3.05. The maximum absolute atomic E-state index is 13.9. The number of nitrogens with one attached hydrogen (secondary N) is 1. The zero-order valence-electron chi connectivity index (χ0n) is 16.4. The molecular formula is C20H32FN3OS. The first-order valence-electron chi connectivity index (χ1n) is 9.47. The van der Waals surface area contributed by atoms with Crippen molar-refractivity contribution < 1.29 is 9.18 Å². The summed E-state index contributed by atoms with van der Waals surface area (Å²) in [5, 5.41) is 3.04. The molecule has 0 aromatic heterocycles. The van der Waals surface area contributed by atoms with Crippen molar-refractivity contribution in [1.82, 2.24) is 10.2 Å². The lowest BCUT2D eigenvalue weighted by Crippen LogP contribution is -2.45. The van der Waals surface area contributed by atoms with E-state index in [-0.39, 0.29) is 17.8 Å². The van der Waals surface area contributed by atoms with Crippen molar-refractivity contribution in [2.45, 2.75) is 33.2 Å². The van der Waals surface area contributed by atoms with Gasteiger partial charge in [0, 0.05) is 37.4 Å². The molecule has 0 radical (unpaired) electrons. The Bertz CT molecular complexity index is 588. The van der Waals surface area contributed by atoms with E-state index in [2.05, 4.69) is 36.0 Å². The molecule has 1 aliphatic rings. The van der Waals surface area contributed by atoms with E-state index in [1.807, 2.05) is 13.0 Å². The Morgan fingerprint density at radius 1 is 1.23 bits per heavy atom. The van der Waals surface area contributed by atoms with E-state index in [1.54, 1.807) is 17.8 Å². The Hall–Kier alpha value is -1.27. The number of benzene rings is 1. The summed E-state index contributed by atoms with van der Waals surface area (Å²) in [6.45, 7) is 10.1. The first-order chi connectivity index (χ1) is 12.4. The molecule has 1 atom stereocenters. The van der Waals surface area contributed by atoms with Crippen LogP contribution in [-0.2, 0) is 4.79 Å². The zero-order chi connectivity index (χ0) is 19.1. The van der Waals surface area contributed by atoms with Crippen LogP contribution in [0.25, 0.3) is 0 Å². The predicted molar refractivity (Wildman–Crippen MR) is 109 cm³/mol. The van der Waals surface area contributed by atoms with Crippen LogP contribution in [-0.4, -0.2) is 55.5 Å². The van der Waals surface area contributed by atoms with Crippen LogP contribution in [0.5, 0.6) is 0 Å². The second-order valence-electron chi connectivity index (χ2n) is 7.52. The topological polar surface area (TPSA) is 35.6 Å². The van der Waals surface area contributed by atoms with Crippen LogP contribution in [0.4, 0.5) is 10.1 Å². The summed E-state index contributed by atoms with van der Waals surface area (Å²) < 4.78 is 13.9. The average Bonchev–Trinajstić information content (AvgIpc) is 2.59. The number of carbonyl (C=O) groups is 1. The molecule has 0 aliphatic carbocycles. The second-order valence-corrected chi connectivity index (χ2v) is 8.62. The Morgan fingerprint density at radius 3 is 2.58 bits per heavy atom. The maximum Gasteiger partial charge on any atom is 0.230 e.